The number of hydrogen-bond donors (Lipinski definition) is 1. The number of nitrogens with one attached hydrogen (secondary N) is 1. The second-order valence-electron chi connectivity index (χ2n) is 5.30. The molecule has 16 heavy (non-hydrogen) atoms. The van der Waals surface area contributed by atoms with Gasteiger partial charge < -0.3 is 10.2 Å². The number of carbonyl (C=O) groups is 1. The van der Waals surface area contributed by atoms with Crippen LogP contribution >= 0.6 is 0 Å². The van der Waals surface area contributed by atoms with Gasteiger partial charge in [-0.15, -0.1) is 0 Å². The van der Waals surface area contributed by atoms with Gasteiger partial charge in [0.1, 0.15) is 0 Å². The van der Waals surface area contributed by atoms with Crippen molar-refractivity contribution in [3.63, 3.8) is 0 Å². The molecule has 1 saturated heterocycles. The molecule has 0 radical (unpaired) electrons. The molecule has 3 heteroatoms. The maximum atomic E-state index is 12.1. The summed E-state index contributed by atoms with van der Waals surface area (Å²) in [6, 6.07) is 0.0691. The van der Waals surface area contributed by atoms with E-state index in [4.69, 9.17) is 0 Å². The fourth-order valence-corrected chi connectivity index (χ4v) is 2.07. The lowest BCUT2D eigenvalue weighted by Gasteiger charge is -2.24. The molecule has 0 saturated carbocycles. The zero-order chi connectivity index (χ0) is 12.0. The largest absolute Gasteiger partial charge is 0.344 e. The highest BCUT2D eigenvalue weighted by Crippen LogP contribution is 2.11. The second-order valence-corrected chi connectivity index (χ2v) is 5.30. The van der Waals surface area contributed by atoms with Crippen molar-refractivity contribution < 1.29 is 4.79 Å². The highest BCUT2D eigenvalue weighted by atomic mass is 16.2. The summed E-state index contributed by atoms with van der Waals surface area (Å²) in [6.45, 7) is 6.27. The summed E-state index contributed by atoms with van der Waals surface area (Å²) in [5.74, 6) is 0.944. The molecule has 0 bridgehead atoms. The second kappa shape index (κ2) is 6.89. The fourth-order valence-electron chi connectivity index (χ4n) is 2.07. The molecular formula is C13H26N2O. The van der Waals surface area contributed by atoms with Gasteiger partial charge in [0.25, 0.3) is 0 Å². The van der Waals surface area contributed by atoms with Gasteiger partial charge in [-0.05, 0) is 31.7 Å². The Hall–Kier alpha value is -0.570. The Morgan fingerprint density at radius 1 is 1.38 bits per heavy atom. The summed E-state index contributed by atoms with van der Waals surface area (Å²) in [6.07, 6.45) is 5.74. The Morgan fingerprint density at radius 3 is 2.81 bits per heavy atom. The van der Waals surface area contributed by atoms with Gasteiger partial charge >= 0.3 is 0 Å². The van der Waals surface area contributed by atoms with Crippen molar-refractivity contribution in [1.29, 1.82) is 0 Å². The number of nitrogens with zero attached hydrogens (tertiary/aromatic N) is 1. The molecule has 1 aliphatic heterocycles. The van der Waals surface area contributed by atoms with Crippen molar-refractivity contribution in [2.24, 2.45) is 5.92 Å². The van der Waals surface area contributed by atoms with Crippen LogP contribution in [-0.2, 0) is 4.79 Å². The average Bonchev–Trinajstić information content (AvgIpc) is 2.53. The van der Waals surface area contributed by atoms with E-state index < -0.39 is 0 Å². The third kappa shape index (κ3) is 4.52. The average molecular weight is 226 g/mol. The predicted molar refractivity (Wildman–Crippen MR) is 67.4 cm³/mol. The molecule has 1 rings (SSSR count). The molecule has 1 heterocycles. The van der Waals surface area contributed by atoms with Gasteiger partial charge in [-0.2, -0.15) is 0 Å². The van der Waals surface area contributed by atoms with Crippen LogP contribution in [0.25, 0.3) is 0 Å². The Kier molecular flexibility index (Phi) is 5.81. The van der Waals surface area contributed by atoms with Gasteiger partial charge in [0.05, 0.1) is 6.04 Å². The molecule has 1 fully saturated rings. The van der Waals surface area contributed by atoms with Crippen LogP contribution in [0.3, 0.4) is 0 Å². The van der Waals surface area contributed by atoms with Crippen LogP contribution < -0.4 is 5.32 Å². The Labute approximate surface area is 99.6 Å². The molecule has 0 aromatic rings. The maximum Gasteiger partial charge on any atom is 0.239 e. The lowest BCUT2D eigenvalue weighted by Crippen LogP contribution is -2.45. The van der Waals surface area contributed by atoms with Gasteiger partial charge in [-0.3, -0.25) is 4.79 Å². The van der Waals surface area contributed by atoms with Gasteiger partial charge in [0.2, 0.25) is 5.91 Å². The zero-order valence-corrected chi connectivity index (χ0v) is 11.0. The van der Waals surface area contributed by atoms with E-state index in [1.165, 1.54) is 19.3 Å². The minimum Gasteiger partial charge on any atom is -0.344 e. The van der Waals surface area contributed by atoms with E-state index in [1.807, 2.05) is 11.9 Å². The molecule has 1 aliphatic rings. The number of hydrogen-bond acceptors (Lipinski definition) is 2. The third-order valence-corrected chi connectivity index (χ3v) is 3.28. The molecule has 1 unspecified atom stereocenters. The summed E-state index contributed by atoms with van der Waals surface area (Å²) in [7, 11) is 1.93. The van der Waals surface area contributed by atoms with E-state index in [0.29, 0.717) is 5.92 Å². The first-order chi connectivity index (χ1) is 7.61. The van der Waals surface area contributed by atoms with Crippen LogP contribution in [0.15, 0.2) is 0 Å². The van der Waals surface area contributed by atoms with Crippen molar-refractivity contribution in [2.75, 3.05) is 20.1 Å². The molecule has 3 nitrogen and oxygen atoms in total. The Morgan fingerprint density at radius 2 is 2.12 bits per heavy atom. The number of rotatable bonds is 4. The maximum absolute atomic E-state index is 12.1. The van der Waals surface area contributed by atoms with E-state index in [2.05, 4.69) is 19.2 Å². The lowest BCUT2D eigenvalue weighted by molar-refractivity contribution is -0.132. The summed E-state index contributed by atoms with van der Waals surface area (Å²) >= 11 is 0. The standard InChI is InChI=1S/C13H26N2O/c1-11(2)8-10-15(3)13(16)12-7-5-4-6-9-14-12/h11-12,14H,4-10H2,1-3H3. The van der Waals surface area contributed by atoms with Crippen LogP contribution in [0, 0.1) is 5.92 Å². The molecule has 1 atom stereocenters. The molecule has 0 aromatic heterocycles. The van der Waals surface area contributed by atoms with Crippen molar-refractivity contribution in [3.05, 3.63) is 0 Å². The smallest absolute Gasteiger partial charge is 0.239 e. The van der Waals surface area contributed by atoms with Gasteiger partial charge in [-0.1, -0.05) is 26.7 Å². The molecule has 0 aromatic carbocycles. The van der Waals surface area contributed by atoms with E-state index in [9.17, 15) is 4.79 Å². The van der Waals surface area contributed by atoms with Crippen molar-refractivity contribution in [1.82, 2.24) is 10.2 Å². The number of amides is 1. The highest BCUT2D eigenvalue weighted by molar-refractivity contribution is 5.81. The molecule has 94 valence electrons. The molecule has 1 N–H and O–H groups in total. The minimum atomic E-state index is 0.0691. The first-order valence-electron chi connectivity index (χ1n) is 6.59. The van der Waals surface area contributed by atoms with Crippen molar-refractivity contribution >= 4 is 5.91 Å². The zero-order valence-electron chi connectivity index (χ0n) is 11.0. The van der Waals surface area contributed by atoms with Crippen LogP contribution in [0.4, 0.5) is 0 Å². The predicted octanol–water partition coefficient (Wildman–Crippen LogP) is 2.02. The van der Waals surface area contributed by atoms with Crippen molar-refractivity contribution in [3.8, 4) is 0 Å². The van der Waals surface area contributed by atoms with Gasteiger partial charge in [-0.25, -0.2) is 0 Å². The van der Waals surface area contributed by atoms with Gasteiger partial charge in [0.15, 0.2) is 0 Å². The monoisotopic (exact) mass is 226 g/mol. The SMILES string of the molecule is CC(C)CCN(C)C(=O)C1CCCCCN1. The van der Waals surface area contributed by atoms with Crippen LogP contribution in [0.5, 0.6) is 0 Å². The first-order valence-corrected chi connectivity index (χ1v) is 6.59. The molecule has 1 amide bonds. The van der Waals surface area contributed by atoms with E-state index in [0.717, 1.165) is 25.9 Å². The van der Waals surface area contributed by atoms with Crippen LogP contribution in [0.2, 0.25) is 0 Å². The van der Waals surface area contributed by atoms with E-state index in [-0.39, 0.29) is 11.9 Å². The van der Waals surface area contributed by atoms with Crippen LogP contribution in [-0.4, -0.2) is 37.0 Å². The topological polar surface area (TPSA) is 32.3 Å². The Bertz CT molecular complexity index is 208. The highest BCUT2D eigenvalue weighted by Gasteiger charge is 2.22. The fraction of sp³-hybridized carbons (Fsp3) is 0.923. The minimum absolute atomic E-state index is 0.0691. The van der Waals surface area contributed by atoms with Crippen molar-refractivity contribution in [2.45, 2.75) is 52.0 Å². The number of likely N-dealkylation sites (N-methyl/N-ethyl adjacent to an activating group) is 1. The van der Waals surface area contributed by atoms with Crippen LogP contribution in [0.1, 0.15) is 46.0 Å². The van der Waals surface area contributed by atoms with E-state index in [1.54, 1.807) is 0 Å². The first kappa shape index (κ1) is 13.5. The lowest BCUT2D eigenvalue weighted by atomic mass is 10.1. The third-order valence-electron chi connectivity index (χ3n) is 3.28. The summed E-state index contributed by atoms with van der Waals surface area (Å²) in [5.41, 5.74) is 0. The summed E-state index contributed by atoms with van der Waals surface area (Å²) in [4.78, 5) is 14.0. The summed E-state index contributed by atoms with van der Waals surface area (Å²) < 4.78 is 0. The van der Waals surface area contributed by atoms with E-state index >= 15 is 0 Å². The Balaban J connectivity index is 2.35. The number of carbonyl (C=O) groups excluding carboxylic acids is 1. The summed E-state index contributed by atoms with van der Waals surface area (Å²) in [5, 5.41) is 3.36. The molecule has 0 aliphatic carbocycles. The quantitative estimate of drug-likeness (QED) is 0.795. The molecular weight excluding hydrogens is 200 g/mol. The van der Waals surface area contributed by atoms with Gasteiger partial charge in [0, 0.05) is 13.6 Å². The normalized spacial score (nSPS) is 21.9. The molecule has 0 spiro atoms.